The summed E-state index contributed by atoms with van der Waals surface area (Å²) in [5.41, 5.74) is -1.43. The quantitative estimate of drug-likeness (QED) is 0.608. The summed E-state index contributed by atoms with van der Waals surface area (Å²) in [5, 5.41) is 10.8. The maximum atomic E-state index is 14.7. The van der Waals surface area contributed by atoms with Gasteiger partial charge in [0, 0.05) is 11.6 Å². The zero-order valence-corrected chi connectivity index (χ0v) is 13.1. The third kappa shape index (κ3) is 2.62. The Balaban J connectivity index is 2.26. The highest BCUT2D eigenvalue weighted by Gasteiger charge is 2.27. The van der Waals surface area contributed by atoms with Crippen molar-refractivity contribution < 1.29 is 14.1 Å². The molecular formula is C13H10Cl2FN3O4. The predicted octanol–water partition coefficient (Wildman–Crippen LogP) is 2.70. The molecule has 23 heavy (non-hydrogen) atoms. The van der Waals surface area contributed by atoms with Gasteiger partial charge in [-0.15, -0.1) is 0 Å². The lowest BCUT2D eigenvalue weighted by atomic mass is 10.1. The number of hydrogen-bond acceptors (Lipinski definition) is 4. The molecule has 0 fully saturated rings. The number of aromatic nitrogens is 2. The molecule has 2 heterocycles. The van der Waals surface area contributed by atoms with E-state index in [0.29, 0.717) is 0 Å². The van der Waals surface area contributed by atoms with Gasteiger partial charge in [0.2, 0.25) is 5.95 Å². The fraction of sp³-hybridized carbons (Fsp3) is 0.308. The van der Waals surface area contributed by atoms with Crippen molar-refractivity contribution in [2.24, 2.45) is 0 Å². The molecule has 0 aliphatic carbocycles. The van der Waals surface area contributed by atoms with E-state index in [9.17, 15) is 19.3 Å². The average Bonchev–Trinajstić information content (AvgIpc) is 2.68. The van der Waals surface area contributed by atoms with Gasteiger partial charge >= 0.3 is 0 Å². The van der Waals surface area contributed by atoms with Gasteiger partial charge in [-0.3, -0.25) is 19.6 Å². The zero-order chi connectivity index (χ0) is 16.7. The van der Waals surface area contributed by atoms with E-state index >= 15 is 0 Å². The fourth-order valence-electron chi connectivity index (χ4n) is 2.50. The molecule has 3 rings (SSSR count). The molecule has 0 amide bonds. The van der Waals surface area contributed by atoms with Crippen LogP contribution in [0.5, 0.6) is 0 Å². The van der Waals surface area contributed by atoms with Crippen LogP contribution in [0.15, 0.2) is 16.9 Å². The van der Waals surface area contributed by atoms with E-state index in [1.807, 2.05) is 0 Å². The third-order valence-corrected chi connectivity index (χ3v) is 4.19. The van der Waals surface area contributed by atoms with Crippen molar-refractivity contribution in [3.8, 4) is 11.1 Å². The van der Waals surface area contributed by atoms with Crippen molar-refractivity contribution in [2.75, 3.05) is 13.2 Å². The molecule has 0 bridgehead atoms. The number of nitro benzene ring substituents is 1. The largest absolute Gasteiger partial charge is 0.378 e. The minimum atomic E-state index is -0.806. The molecular weight excluding hydrogens is 352 g/mol. The third-order valence-electron chi connectivity index (χ3n) is 3.57. The number of rotatable bonds is 2. The van der Waals surface area contributed by atoms with Crippen LogP contribution in [0, 0.1) is 16.1 Å². The Kier molecular flexibility index (Phi) is 4.13. The summed E-state index contributed by atoms with van der Waals surface area (Å²) in [4.78, 5) is 22.8. The van der Waals surface area contributed by atoms with E-state index in [1.54, 1.807) is 0 Å². The van der Waals surface area contributed by atoms with Gasteiger partial charge in [0.1, 0.15) is 10.6 Å². The molecule has 0 radical (unpaired) electrons. The van der Waals surface area contributed by atoms with Gasteiger partial charge in [0.05, 0.1) is 36.2 Å². The van der Waals surface area contributed by atoms with Crippen molar-refractivity contribution in [2.45, 2.75) is 13.1 Å². The molecule has 0 saturated carbocycles. The molecule has 1 aromatic heterocycles. The second kappa shape index (κ2) is 5.95. The summed E-state index contributed by atoms with van der Waals surface area (Å²) in [6, 6.07) is 2.15. The Morgan fingerprint density at radius 2 is 1.83 bits per heavy atom. The first-order chi connectivity index (χ1) is 10.9. The van der Waals surface area contributed by atoms with E-state index in [-0.39, 0.29) is 47.5 Å². The number of benzene rings is 1. The topological polar surface area (TPSA) is 79.3 Å². The zero-order valence-electron chi connectivity index (χ0n) is 11.6. The average molecular weight is 362 g/mol. The highest BCUT2D eigenvalue weighted by molar-refractivity contribution is 6.37. The van der Waals surface area contributed by atoms with Crippen LogP contribution in [-0.2, 0) is 17.8 Å². The summed E-state index contributed by atoms with van der Waals surface area (Å²) in [6.07, 6.45) is 0. The minimum absolute atomic E-state index is 0.0331. The Bertz CT molecular complexity index is 862. The first kappa shape index (κ1) is 16.0. The summed E-state index contributed by atoms with van der Waals surface area (Å²) >= 11 is 11.8. The van der Waals surface area contributed by atoms with Gasteiger partial charge in [-0.2, -0.15) is 4.39 Å². The normalized spacial score (nSPS) is 14.4. The molecule has 0 unspecified atom stereocenters. The Labute approximate surface area is 138 Å². The Morgan fingerprint density at radius 1 is 1.17 bits per heavy atom. The van der Waals surface area contributed by atoms with Crippen molar-refractivity contribution in [1.29, 1.82) is 0 Å². The van der Waals surface area contributed by atoms with Crippen molar-refractivity contribution in [3.05, 3.63) is 48.6 Å². The van der Waals surface area contributed by atoms with Crippen molar-refractivity contribution in [3.63, 3.8) is 0 Å². The maximum absolute atomic E-state index is 14.7. The molecule has 1 aliphatic heterocycles. The number of fused-ring (bicyclic) bond motifs is 1. The van der Waals surface area contributed by atoms with Crippen LogP contribution in [0.4, 0.5) is 10.1 Å². The lowest BCUT2D eigenvalue weighted by molar-refractivity contribution is -0.384. The molecule has 0 saturated heterocycles. The summed E-state index contributed by atoms with van der Waals surface area (Å²) in [5.74, 6) is -0.806. The molecule has 0 spiro atoms. The molecule has 1 aromatic carbocycles. The van der Waals surface area contributed by atoms with Crippen molar-refractivity contribution in [1.82, 2.24) is 9.36 Å². The van der Waals surface area contributed by atoms with Crippen LogP contribution in [-0.4, -0.2) is 27.5 Å². The monoisotopic (exact) mass is 361 g/mol. The van der Waals surface area contributed by atoms with Gasteiger partial charge in [-0.05, 0) is 6.07 Å². The van der Waals surface area contributed by atoms with Crippen LogP contribution < -0.4 is 5.56 Å². The molecule has 7 nitrogen and oxygen atoms in total. The van der Waals surface area contributed by atoms with Crippen LogP contribution in [0.1, 0.15) is 0 Å². The first-order valence-electron chi connectivity index (χ1n) is 6.62. The lowest BCUT2D eigenvalue weighted by Gasteiger charge is -2.05. The number of nitro groups is 1. The molecule has 2 aromatic rings. The summed E-state index contributed by atoms with van der Waals surface area (Å²) in [6.45, 7) is 0.883. The van der Waals surface area contributed by atoms with Gasteiger partial charge in [-0.1, -0.05) is 23.2 Å². The van der Waals surface area contributed by atoms with E-state index in [0.717, 1.165) is 16.8 Å². The van der Waals surface area contributed by atoms with Crippen LogP contribution >= 0.6 is 23.2 Å². The second-order valence-electron chi connectivity index (χ2n) is 4.87. The predicted molar refractivity (Wildman–Crippen MR) is 81.6 cm³/mol. The fourth-order valence-corrected chi connectivity index (χ4v) is 3.05. The minimum Gasteiger partial charge on any atom is -0.378 e. The highest BCUT2D eigenvalue weighted by atomic mass is 35.5. The number of halogens is 3. The number of hydrogen-bond donors (Lipinski definition) is 0. The van der Waals surface area contributed by atoms with Crippen LogP contribution in [0.3, 0.4) is 0 Å². The van der Waals surface area contributed by atoms with E-state index in [2.05, 4.69) is 0 Å². The highest BCUT2D eigenvalue weighted by Crippen LogP contribution is 2.36. The second-order valence-corrected chi connectivity index (χ2v) is 5.68. The van der Waals surface area contributed by atoms with Gasteiger partial charge in [0.25, 0.3) is 11.2 Å². The van der Waals surface area contributed by atoms with E-state index in [1.165, 1.54) is 4.68 Å². The Hall–Kier alpha value is -1.90. The number of ether oxygens (including phenoxy) is 1. The molecule has 0 N–H and O–H groups in total. The van der Waals surface area contributed by atoms with E-state index in [4.69, 9.17) is 27.9 Å². The number of nitrogens with zero attached hydrogens (tertiary/aromatic N) is 3. The molecule has 1 aliphatic rings. The summed E-state index contributed by atoms with van der Waals surface area (Å²) < 4.78 is 22.2. The van der Waals surface area contributed by atoms with Gasteiger partial charge < -0.3 is 4.74 Å². The van der Waals surface area contributed by atoms with E-state index < -0.39 is 22.1 Å². The van der Waals surface area contributed by atoms with Crippen LogP contribution in [0.25, 0.3) is 11.1 Å². The SMILES string of the molecule is O=c1c(-c2cc([N+](=O)[O-])c(Cl)cc2Cl)c(F)n2n1CCOCC2. The van der Waals surface area contributed by atoms with Crippen molar-refractivity contribution >= 4 is 28.9 Å². The smallest absolute Gasteiger partial charge is 0.288 e. The van der Waals surface area contributed by atoms with Gasteiger partial charge in [-0.25, -0.2) is 4.68 Å². The van der Waals surface area contributed by atoms with Crippen LogP contribution in [0.2, 0.25) is 10.0 Å². The molecule has 0 atom stereocenters. The summed E-state index contributed by atoms with van der Waals surface area (Å²) in [7, 11) is 0. The molecule has 10 heteroatoms. The Morgan fingerprint density at radius 3 is 2.48 bits per heavy atom. The first-order valence-corrected chi connectivity index (χ1v) is 7.38. The maximum Gasteiger partial charge on any atom is 0.288 e. The molecule has 122 valence electrons. The standard InChI is InChI=1S/C13H10Cl2FN3O4/c14-8-6-9(15)10(19(21)22)5-7(8)11-12(16)17-1-3-23-4-2-18(17)13(11)20/h5-6H,1-4H2. The lowest BCUT2D eigenvalue weighted by Crippen LogP contribution is -2.23. The van der Waals surface area contributed by atoms with Gasteiger partial charge in [0.15, 0.2) is 0 Å².